The Morgan fingerprint density at radius 1 is 1.30 bits per heavy atom. The van der Waals surface area contributed by atoms with Gasteiger partial charge in [0.2, 0.25) is 10.0 Å². The fraction of sp³-hybridized carbons (Fsp3) is 0.333. The predicted molar refractivity (Wildman–Crippen MR) is 86.4 cm³/mol. The molecule has 0 aliphatic rings. The predicted octanol–water partition coefficient (Wildman–Crippen LogP) is 1.35. The first kappa shape index (κ1) is 18.9. The summed E-state index contributed by atoms with van der Waals surface area (Å²) < 4.78 is 30.7. The lowest BCUT2D eigenvalue weighted by atomic mass is 10.2. The van der Waals surface area contributed by atoms with Crippen LogP contribution in [0.5, 0.6) is 0 Å². The number of sulfonamides is 1. The third kappa shape index (κ3) is 5.84. The number of allylic oxidation sites excluding steroid dienone is 1. The van der Waals surface area contributed by atoms with Gasteiger partial charge in [0.15, 0.2) is 6.61 Å². The van der Waals surface area contributed by atoms with E-state index >= 15 is 0 Å². The zero-order chi connectivity index (χ0) is 17.5. The summed E-state index contributed by atoms with van der Waals surface area (Å²) in [4.78, 5) is 23.1. The van der Waals surface area contributed by atoms with Gasteiger partial charge in [0, 0.05) is 11.8 Å². The van der Waals surface area contributed by atoms with E-state index < -0.39 is 28.5 Å². The van der Waals surface area contributed by atoms with Gasteiger partial charge in [-0.3, -0.25) is 4.79 Å². The molecule has 1 amide bonds. The van der Waals surface area contributed by atoms with Gasteiger partial charge < -0.3 is 10.1 Å². The molecule has 1 aromatic rings. The molecule has 0 aromatic heterocycles. The number of carbonyl (C=O) groups is 2. The molecular formula is C15H20N2O5S. The highest BCUT2D eigenvalue weighted by atomic mass is 32.2. The third-order valence-electron chi connectivity index (χ3n) is 2.87. The maximum absolute atomic E-state index is 11.9. The third-order valence-corrected chi connectivity index (χ3v) is 4.42. The van der Waals surface area contributed by atoms with E-state index in [1.165, 1.54) is 19.2 Å². The maximum atomic E-state index is 11.9. The van der Waals surface area contributed by atoms with Gasteiger partial charge in [-0.05, 0) is 38.1 Å². The van der Waals surface area contributed by atoms with Crippen LogP contribution in [0.25, 0.3) is 0 Å². The minimum Gasteiger partial charge on any atom is -0.452 e. The monoisotopic (exact) mass is 340 g/mol. The lowest BCUT2D eigenvalue weighted by molar-refractivity contribution is -0.142. The Kier molecular flexibility index (Phi) is 6.92. The molecule has 1 rings (SSSR count). The normalized spacial score (nSPS) is 11.4. The van der Waals surface area contributed by atoms with Crippen LogP contribution < -0.4 is 10.0 Å². The summed E-state index contributed by atoms with van der Waals surface area (Å²) in [7, 11) is -2.31. The van der Waals surface area contributed by atoms with Gasteiger partial charge in [0.25, 0.3) is 5.91 Å². The number of rotatable bonds is 7. The SMILES string of the molecule is CC/C=C/C(=O)OCC(=O)Nc1ccc(C)c(S(=O)(=O)NC)c1. The van der Waals surface area contributed by atoms with Gasteiger partial charge in [-0.1, -0.05) is 19.1 Å². The highest BCUT2D eigenvalue weighted by Crippen LogP contribution is 2.19. The van der Waals surface area contributed by atoms with Crippen molar-refractivity contribution >= 4 is 27.6 Å². The summed E-state index contributed by atoms with van der Waals surface area (Å²) in [5.41, 5.74) is 0.850. The topological polar surface area (TPSA) is 102 Å². The second-order valence-corrected chi connectivity index (χ2v) is 6.51. The molecule has 2 N–H and O–H groups in total. The number of benzene rings is 1. The molecule has 1 aromatic carbocycles. The fourth-order valence-corrected chi connectivity index (χ4v) is 2.67. The Labute approximate surface area is 135 Å². The summed E-state index contributed by atoms with van der Waals surface area (Å²) in [5.74, 6) is -1.16. The van der Waals surface area contributed by atoms with E-state index in [2.05, 4.69) is 10.0 Å². The standard InChI is InChI=1S/C15H20N2O5S/c1-4-5-6-15(19)22-10-14(18)17-12-8-7-11(2)13(9-12)23(20,21)16-3/h5-9,16H,4,10H2,1-3H3,(H,17,18)/b6-5+. The Morgan fingerprint density at radius 3 is 2.61 bits per heavy atom. The number of anilines is 1. The molecule has 0 unspecified atom stereocenters. The van der Waals surface area contributed by atoms with Crippen LogP contribution in [0.15, 0.2) is 35.2 Å². The summed E-state index contributed by atoms with van der Waals surface area (Å²) in [6.07, 6.45) is 3.55. The van der Waals surface area contributed by atoms with Gasteiger partial charge in [-0.2, -0.15) is 0 Å². The number of nitrogens with one attached hydrogen (secondary N) is 2. The van der Waals surface area contributed by atoms with Crippen LogP contribution in [0, 0.1) is 6.92 Å². The number of amides is 1. The minimum atomic E-state index is -3.62. The zero-order valence-electron chi connectivity index (χ0n) is 13.3. The lowest BCUT2D eigenvalue weighted by Crippen LogP contribution is -2.22. The van der Waals surface area contributed by atoms with E-state index in [1.807, 2.05) is 6.92 Å². The molecule has 0 saturated heterocycles. The van der Waals surface area contributed by atoms with Crippen LogP contribution >= 0.6 is 0 Å². The number of hydrogen-bond donors (Lipinski definition) is 2. The Hall–Kier alpha value is -2.19. The molecule has 0 aliphatic carbocycles. The van der Waals surface area contributed by atoms with Crippen molar-refractivity contribution in [1.82, 2.24) is 4.72 Å². The van der Waals surface area contributed by atoms with Gasteiger partial charge in [0.1, 0.15) is 0 Å². The first-order chi connectivity index (χ1) is 10.8. The van der Waals surface area contributed by atoms with E-state index in [4.69, 9.17) is 4.74 Å². The molecule has 0 spiro atoms. The van der Waals surface area contributed by atoms with Crippen LogP contribution in [-0.2, 0) is 24.3 Å². The summed E-state index contributed by atoms with van der Waals surface area (Å²) in [6.45, 7) is 3.07. The highest BCUT2D eigenvalue weighted by Gasteiger charge is 2.16. The van der Waals surface area contributed by atoms with Crippen molar-refractivity contribution < 1.29 is 22.7 Å². The smallest absolute Gasteiger partial charge is 0.330 e. The Morgan fingerprint density at radius 2 is 2.00 bits per heavy atom. The molecule has 0 aliphatic heterocycles. The largest absolute Gasteiger partial charge is 0.452 e. The van der Waals surface area contributed by atoms with E-state index in [0.717, 1.165) is 0 Å². The summed E-state index contributed by atoms with van der Waals surface area (Å²) in [6, 6.07) is 4.49. The molecule has 0 bridgehead atoms. The molecule has 0 heterocycles. The maximum Gasteiger partial charge on any atom is 0.330 e. The van der Waals surface area contributed by atoms with Crippen molar-refractivity contribution in [3.63, 3.8) is 0 Å². The lowest BCUT2D eigenvalue weighted by Gasteiger charge is -2.10. The number of esters is 1. The zero-order valence-corrected chi connectivity index (χ0v) is 14.1. The van der Waals surface area contributed by atoms with Crippen molar-refractivity contribution in [2.24, 2.45) is 0 Å². The average Bonchev–Trinajstić information content (AvgIpc) is 2.52. The van der Waals surface area contributed by atoms with Gasteiger partial charge in [0.05, 0.1) is 4.90 Å². The van der Waals surface area contributed by atoms with E-state index in [9.17, 15) is 18.0 Å². The quantitative estimate of drug-likeness (QED) is 0.576. The van der Waals surface area contributed by atoms with E-state index in [0.29, 0.717) is 17.7 Å². The fourth-order valence-electron chi connectivity index (χ4n) is 1.67. The first-order valence-electron chi connectivity index (χ1n) is 6.97. The van der Waals surface area contributed by atoms with Gasteiger partial charge >= 0.3 is 5.97 Å². The van der Waals surface area contributed by atoms with E-state index in [1.54, 1.807) is 25.1 Å². The molecule has 7 nitrogen and oxygen atoms in total. The van der Waals surface area contributed by atoms with Gasteiger partial charge in [-0.15, -0.1) is 0 Å². The number of aryl methyl sites for hydroxylation is 1. The molecule has 0 saturated carbocycles. The second kappa shape index (κ2) is 8.44. The van der Waals surface area contributed by atoms with Crippen molar-refractivity contribution in [2.45, 2.75) is 25.2 Å². The van der Waals surface area contributed by atoms with Crippen LogP contribution in [0.4, 0.5) is 5.69 Å². The molecular weight excluding hydrogens is 320 g/mol. The number of carbonyl (C=O) groups excluding carboxylic acids is 2. The van der Waals surface area contributed by atoms with Crippen molar-refractivity contribution in [3.8, 4) is 0 Å². The molecule has 126 valence electrons. The molecule has 0 radical (unpaired) electrons. The molecule has 0 fully saturated rings. The van der Waals surface area contributed by atoms with Crippen LogP contribution in [0.2, 0.25) is 0 Å². The molecule has 0 atom stereocenters. The summed E-state index contributed by atoms with van der Waals surface area (Å²) >= 11 is 0. The Bertz CT molecular complexity index is 711. The van der Waals surface area contributed by atoms with Crippen LogP contribution in [0.1, 0.15) is 18.9 Å². The van der Waals surface area contributed by atoms with Crippen molar-refractivity contribution in [2.75, 3.05) is 19.0 Å². The summed E-state index contributed by atoms with van der Waals surface area (Å²) in [5, 5.41) is 2.48. The van der Waals surface area contributed by atoms with Crippen molar-refractivity contribution in [3.05, 3.63) is 35.9 Å². The molecule has 23 heavy (non-hydrogen) atoms. The van der Waals surface area contributed by atoms with Crippen molar-refractivity contribution in [1.29, 1.82) is 0 Å². The first-order valence-corrected chi connectivity index (χ1v) is 8.45. The van der Waals surface area contributed by atoms with Crippen LogP contribution in [-0.4, -0.2) is 33.9 Å². The highest BCUT2D eigenvalue weighted by molar-refractivity contribution is 7.89. The average molecular weight is 340 g/mol. The second-order valence-electron chi connectivity index (χ2n) is 4.65. The Balaban J connectivity index is 2.75. The van der Waals surface area contributed by atoms with Crippen LogP contribution in [0.3, 0.4) is 0 Å². The number of hydrogen-bond acceptors (Lipinski definition) is 5. The minimum absolute atomic E-state index is 0.0701. The van der Waals surface area contributed by atoms with Gasteiger partial charge in [-0.25, -0.2) is 17.9 Å². The van der Waals surface area contributed by atoms with E-state index in [-0.39, 0.29) is 4.90 Å². The molecule has 8 heteroatoms. The number of ether oxygens (including phenoxy) is 1.